The topological polar surface area (TPSA) is 124 Å². The van der Waals surface area contributed by atoms with E-state index < -0.39 is 5.91 Å². The van der Waals surface area contributed by atoms with Crippen LogP contribution in [-0.4, -0.2) is 62.3 Å². The third kappa shape index (κ3) is 4.40. The van der Waals surface area contributed by atoms with E-state index in [0.717, 1.165) is 24.6 Å². The van der Waals surface area contributed by atoms with Gasteiger partial charge in [-0.2, -0.15) is 4.98 Å². The Balaban J connectivity index is 0.00000272. The molecule has 0 saturated carbocycles. The van der Waals surface area contributed by atoms with Gasteiger partial charge in [-0.3, -0.25) is 9.20 Å². The van der Waals surface area contributed by atoms with Crippen LogP contribution in [0.1, 0.15) is 36.8 Å². The molecule has 11 heteroatoms. The standard InChI is InChI=1S/C20H26N8O2.ClH/c1-5-30-19-14(18(21)29)10-28-17(13(4)23-20(28)24-19)15-6-7-16(26-25-15)27-8-11(2)22-12(3)9-27;/h6-7,10-12,22H,5,8-9H2,1-4H3,(H2,21,29);1H/t11-,12+;. The van der Waals surface area contributed by atoms with Crippen LogP contribution >= 0.6 is 12.4 Å². The number of nitrogens with one attached hydrogen (secondary N) is 1. The normalized spacial score (nSPS) is 18.6. The van der Waals surface area contributed by atoms with Gasteiger partial charge in [-0.15, -0.1) is 22.6 Å². The van der Waals surface area contributed by atoms with E-state index in [1.165, 1.54) is 0 Å². The number of halogens is 1. The number of amides is 1. The summed E-state index contributed by atoms with van der Waals surface area (Å²) in [6, 6.07) is 4.64. The number of imidazole rings is 1. The summed E-state index contributed by atoms with van der Waals surface area (Å²) < 4.78 is 7.16. The Kier molecular flexibility index (Phi) is 6.61. The molecule has 1 aliphatic heterocycles. The summed E-state index contributed by atoms with van der Waals surface area (Å²) in [7, 11) is 0. The summed E-state index contributed by atoms with van der Waals surface area (Å²) in [6.45, 7) is 10.1. The lowest BCUT2D eigenvalue weighted by Crippen LogP contribution is -2.54. The SMILES string of the molecule is CCOc1nc2nc(C)c(-c3ccc(N4C[C@@H](C)N[C@@H](C)C4)nn3)n2cc1C(N)=O.Cl. The molecule has 1 saturated heterocycles. The van der Waals surface area contributed by atoms with E-state index in [2.05, 4.69) is 44.2 Å². The monoisotopic (exact) mass is 446 g/mol. The van der Waals surface area contributed by atoms with E-state index >= 15 is 0 Å². The molecular formula is C20H27ClN8O2. The van der Waals surface area contributed by atoms with Crippen LogP contribution in [0.2, 0.25) is 0 Å². The van der Waals surface area contributed by atoms with Gasteiger partial charge in [-0.25, -0.2) is 4.98 Å². The zero-order valence-corrected chi connectivity index (χ0v) is 18.8. The van der Waals surface area contributed by atoms with Crippen LogP contribution in [0.4, 0.5) is 5.82 Å². The molecule has 0 aromatic carbocycles. The first-order valence-corrected chi connectivity index (χ1v) is 10.0. The van der Waals surface area contributed by atoms with Crippen LogP contribution in [0, 0.1) is 6.92 Å². The van der Waals surface area contributed by atoms with Gasteiger partial charge in [0, 0.05) is 31.4 Å². The van der Waals surface area contributed by atoms with Gasteiger partial charge < -0.3 is 20.7 Å². The summed E-state index contributed by atoms with van der Waals surface area (Å²) in [4.78, 5) is 23.0. The Morgan fingerprint density at radius 3 is 2.52 bits per heavy atom. The maximum Gasteiger partial charge on any atom is 0.255 e. The zero-order chi connectivity index (χ0) is 21.4. The lowest BCUT2D eigenvalue weighted by atomic mass is 10.1. The van der Waals surface area contributed by atoms with Crippen molar-refractivity contribution in [1.29, 1.82) is 0 Å². The van der Waals surface area contributed by atoms with Gasteiger partial charge in [0.15, 0.2) is 5.82 Å². The molecule has 4 heterocycles. The Morgan fingerprint density at radius 1 is 1.23 bits per heavy atom. The van der Waals surface area contributed by atoms with Crippen molar-refractivity contribution >= 4 is 29.9 Å². The molecule has 0 radical (unpaired) electrons. The largest absolute Gasteiger partial charge is 0.477 e. The van der Waals surface area contributed by atoms with Crippen molar-refractivity contribution in [3.63, 3.8) is 0 Å². The molecule has 31 heavy (non-hydrogen) atoms. The van der Waals surface area contributed by atoms with Crippen molar-refractivity contribution in [3.8, 4) is 17.3 Å². The minimum Gasteiger partial charge on any atom is -0.477 e. The molecular weight excluding hydrogens is 420 g/mol. The highest BCUT2D eigenvalue weighted by Crippen LogP contribution is 2.26. The Bertz CT molecular complexity index is 1070. The molecule has 1 aliphatic rings. The second-order valence-electron chi connectivity index (χ2n) is 7.62. The molecule has 1 amide bonds. The molecule has 10 nitrogen and oxygen atoms in total. The van der Waals surface area contributed by atoms with Crippen molar-refractivity contribution in [2.24, 2.45) is 5.73 Å². The van der Waals surface area contributed by atoms with Crippen LogP contribution < -0.4 is 20.7 Å². The fraction of sp³-hybridized carbons (Fsp3) is 0.450. The minimum absolute atomic E-state index is 0. The number of primary amides is 1. The number of carbonyl (C=O) groups excluding carboxylic acids is 1. The molecule has 0 bridgehead atoms. The predicted molar refractivity (Wildman–Crippen MR) is 120 cm³/mol. The number of hydrogen-bond acceptors (Lipinski definition) is 8. The fourth-order valence-corrected chi connectivity index (χ4v) is 3.93. The molecule has 1 fully saturated rings. The fourth-order valence-electron chi connectivity index (χ4n) is 3.93. The number of ether oxygens (including phenoxy) is 1. The van der Waals surface area contributed by atoms with Crippen molar-refractivity contribution in [2.75, 3.05) is 24.6 Å². The number of hydrogen-bond donors (Lipinski definition) is 2. The lowest BCUT2D eigenvalue weighted by Gasteiger charge is -2.36. The summed E-state index contributed by atoms with van der Waals surface area (Å²) in [6.07, 6.45) is 1.60. The molecule has 0 spiro atoms. The number of fused-ring (bicyclic) bond motifs is 1. The smallest absolute Gasteiger partial charge is 0.255 e. The lowest BCUT2D eigenvalue weighted by molar-refractivity contribution is 0.0995. The van der Waals surface area contributed by atoms with Crippen LogP contribution in [0.5, 0.6) is 5.88 Å². The maximum absolute atomic E-state index is 11.9. The molecule has 4 rings (SSSR count). The molecule has 3 aromatic rings. The second kappa shape index (κ2) is 9.03. The number of carbonyl (C=O) groups is 1. The molecule has 166 valence electrons. The molecule has 0 unspecified atom stereocenters. The third-order valence-electron chi connectivity index (χ3n) is 5.08. The van der Waals surface area contributed by atoms with Crippen molar-refractivity contribution in [2.45, 2.75) is 39.8 Å². The first-order valence-electron chi connectivity index (χ1n) is 10.0. The van der Waals surface area contributed by atoms with Crippen LogP contribution in [0.25, 0.3) is 17.2 Å². The van der Waals surface area contributed by atoms with Gasteiger partial charge in [0.05, 0.1) is 18.0 Å². The molecule has 3 N–H and O–H groups in total. The highest BCUT2D eigenvalue weighted by atomic mass is 35.5. The van der Waals surface area contributed by atoms with Gasteiger partial charge in [0.1, 0.15) is 11.3 Å². The number of rotatable bonds is 5. The average Bonchev–Trinajstić information content (AvgIpc) is 3.01. The van der Waals surface area contributed by atoms with E-state index in [1.54, 1.807) is 10.6 Å². The van der Waals surface area contributed by atoms with Gasteiger partial charge in [0.2, 0.25) is 11.7 Å². The van der Waals surface area contributed by atoms with Crippen molar-refractivity contribution in [3.05, 3.63) is 29.6 Å². The predicted octanol–water partition coefficient (Wildman–Crippen LogP) is 1.60. The Hall–Kier alpha value is -2.98. The summed E-state index contributed by atoms with van der Waals surface area (Å²) in [5.41, 5.74) is 7.79. The number of nitrogens with two attached hydrogens (primary N) is 1. The second-order valence-corrected chi connectivity index (χ2v) is 7.62. The average molecular weight is 447 g/mol. The highest BCUT2D eigenvalue weighted by Gasteiger charge is 2.23. The van der Waals surface area contributed by atoms with Gasteiger partial charge >= 0.3 is 0 Å². The number of piperazine rings is 1. The number of aromatic nitrogens is 5. The summed E-state index contributed by atoms with van der Waals surface area (Å²) >= 11 is 0. The van der Waals surface area contributed by atoms with Gasteiger partial charge in [-0.05, 0) is 39.8 Å². The van der Waals surface area contributed by atoms with Gasteiger partial charge in [0.25, 0.3) is 5.91 Å². The third-order valence-corrected chi connectivity index (χ3v) is 5.08. The van der Waals surface area contributed by atoms with E-state index in [4.69, 9.17) is 10.5 Å². The van der Waals surface area contributed by atoms with Crippen molar-refractivity contribution in [1.82, 2.24) is 29.9 Å². The first kappa shape index (κ1) is 22.7. The minimum atomic E-state index is -0.617. The van der Waals surface area contributed by atoms with Crippen molar-refractivity contribution < 1.29 is 9.53 Å². The number of aryl methyl sites for hydroxylation is 1. The first-order chi connectivity index (χ1) is 14.4. The highest BCUT2D eigenvalue weighted by molar-refractivity contribution is 5.95. The number of nitrogens with zero attached hydrogens (tertiary/aromatic N) is 6. The van der Waals surface area contributed by atoms with E-state index in [1.807, 2.05) is 26.0 Å². The van der Waals surface area contributed by atoms with Crippen LogP contribution in [-0.2, 0) is 0 Å². The Morgan fingerprint density at radius 2 is 1.94 bits per heavy atom. The number of anilines is 1. The Labute approximate surface area is 186 Å². The van der Waals surface area contributed by atoms with E-state index in [0.29, 0.717) is 35.9 Å². The van der Waals surface area contributed by atoms with Crippen LogP contribution in [0.3, 0.4) is 0 Å². The summed E-state index contributed by atoms with van der Waals surface area (Å²) in [5.74, 6) is 0.803. The molecule has 0 aliphatic carbocycles. The molecule has 3 aromatic heterocycles. The van der Waals surface area contributed by atoms with E-state index in [-0.39, 0.29) is 23.9 Å². The zero-order valence-electron chi connectivity index (χ0n) is 18.0. The van der Waals surface area contributed by atoms with Gasteiger partial charge in [-0.1, -0.05) is 0 Å². The molecule has 2 atom stereocenters. The van der Waals surface area contributed by atoms with Crippen LogP contribution in [0.15, 0.2) is 18.3 Å². The quantitative estimate of drug-likeness (QED) is 0.605. The maximum atomic E-state index is 11.9. The summed E-state index contributed by atoms with van der Waals surface area (Å²) in [5, 5.41) is 12.4. The van der Waals surface area contributed by atoms with E-state index in [9.17, 15) is 4.79 Å².